The second-order valence-corrected chi connectivity index (χ2v) is 6.27. The molecule has 0 saturated carbocycles. The number of aromatic nitrogens is 2. The van der Waals surface area contributed by atoms with Gasteiger partial charge in [0, 0.05) is 11.2 Å². The number of carbonyl (C=O) groups is 2. The van der Waals surface area contributed by atoms with Gasteiger partial charge in [-0.1, -0.05) is 43.1 Å². The molecule has 0 aliphatic carbocycles. The van der Waals surface area contributed by atoms with Gasteiger partial charge in [0.05, 0.1) is 18.3 Å². The zero-order valence-corrected chi connectivity index (χ0v) is 14.4. The fraction of sp³-hybridized carbons (Fsp3) is 0.353. The predicted octanol–water partition coefficient (Wildman–Crippen LogP) is 2.96. The van der Waals surface area contributed by atoms with Gasteiger partial charge in [0.15, 0.2) is 0 Å². The number of amides is 1. The monoisotopic (exact) mass is 349 g/mol. The third-order valence-electron chi connectivity index (χ3n) is 3.80. The van der Waals surface area contributed by atoms with Crippen molar-refractivity contribution in [2.75, 3.05) is 0 Å². The number of hydrogen-bond acceptors (Lipinski definition) is 3. The molecule has 1 atom stereocenters. The minimum absolute atomic E-state index is 0.311. The van der Waals surface area contributed by atoms with Crippen molar-refractivity contribution >= 4 is 23.5 Å². The van der Waals surface area contributed by atoms with Crippen molar-refractivity contribution in [3.8, 4) is 0 Å². The summed E-state index contributed by atoms with van der Waals surface area (Å²) in [6, 6.07) is 7.39. The van der Waals surface area contributed by atoms with Crippen LogP contribution < -0.4 is 5.32 Å². The van der Waals surface area contributed by atoms with Gasteiger partial charge in [0.2, 0.25) is 0 Å². The number of benzene rings is 1. The maximum atomic E-state index is 12.3. The maximum absolute atomic E-state index is 12.3. The number of nitrogens with zero attached hydrogens (tertiary/aromatic N) is 2. The Morgan fingerprint density at radius 1 is 1.38 bits per heavy atom. The van der Waals surface area contributed by atoms with Crippen molar-refractivity contribution < 1.29 is 14.7 Å². The molecule has 0 aliphatic rings. The summed E-state index contributed by atoms with van der Waals surface area (Å²) < 4.78 is 1.59. The Hall–Kier alpha value is -2.34. The van der Waals surface area contributed by atoms with Gasteiger partial charge in [-0.2, -0.15) is 5.10 Å². The highest BCUT2D eigenvalue weighted by atomic mass is 35.5. The molecular formula is C17H20ClN3O3. The van der Waals surface area contributed by atoms with Gasteiger partial charge in [0.1, 0.15) is 5.54 Å². The van der Waals surface area contributed by atoms with Crippen LogP contribution in [0.15, 0.2) is 36.7 Å². The average molecular weight is 350 g/mol. The van der Waals surface area contributed by atoms with Crippen LogP contribution in [0.1, 0.15) is 42.6 Å². The third kappa shape index (κ3) is 4.14. The van der Waals surface area contributed by atoms with Crippen LogP contribution in [0.4, 0.5) is 0 Å². The Balaban J connectivity index is 2.11. The molecular weight excluding hydrogens is 330 g/mol. The first kappa shape index (κ1) is 18.0. The van der Waals surface area contributed by atoms with Crippen LogP contribution in [-0.2, 0) is 11.3 Å². The molecule has 0 radical (unpaired) electrons. The summed E-state index contributed by atoms with van der Waals surface area (Å²) in [5.74, 6) is -1.51. The van der Waals surface area contributed by atoms with Gasteiger partial charge in [-0.3, -0.25) is 9.48 Å². The molecule has 0 bridgehead atoms. The summed E-state index contributed by atoms with van der Waals surface area (Å²) in [5.41, 5.74) is -0.0994. The highest BCUT2D eigenvalue weighted by Gasteiger charge is 2.34. The second-order valence-electron chi connectivity index (χ2n) is 5.86. The fourth-order valence-electron chi connectivity index (χ4n) is 2.41. The summed E-state index contributed by atoms with van der Waals surface area (Å²) in [7, 11) is 0. The molecule has 0 fully saturated rings. The number of nitrogens with one attached hydrogen (secondary N) is 1. The standard InChI is InChI=1S/C17H20ClN3O3/c1-3-8-17(2,16(23)24)20-15(22)13-9-19-21(11-13)10-12-6-4-5-7-14(12)18/h4-7,9,11H,3,8,10H2,1-2H3,(H,20,22)(H,23,24). The summed E-state index contributed by atoms with van der Waals surface area (Å²) >= 11 is 6.11. The Kier molecular flexibility index (Phi) is 5.62. The first-order chi connectivity index (χ1) is 11.4. The summed E-state index contributed by atoms with van der Waals surface area (Å²) in [6.07, 6.45) is 3.99. The van der Waals surface area contributed by atoms with Crippen LogP contribution >= 0.6 is 11.6 Å². The summed E-state index contributed by atoms with van der Waals surface area (Å²) in [4.78, 5) is 23.7. The second kappa shape index (κ2) is 7.49. The summed E-state index contributed by atoms with van der Waals surface area (Å²) in [5, 5.41) is 16.7. The summed E-state index contributed by atoms with van der Waals surface area (Å²) in [6.45, 7) is 3.80. The molecule has 128 valence electrons. The average Bonchev–Trinajstić information content (AvgIpc) is 2.98. The van der Waals surface area contributed by atoms with E-state index in [9.17, 15) is 14.7 Å². The van der Waals surface area contributed by atoms with E-state index >= 15 is 0 Å². The zero-order chi connectivity index (χ0) is 17.7. The van der Waals surface area contributed by atoms with Gasteiger partial charge in [0.25, 0.3) is 5.91 Å². The Labute approximate surface area is 145 Å². The molecule has 1 aromatic heterocycles. The lowest BCUT2D eigenvalue weighted by Gasteiger charge is -2.25. The minimum Gasteiger partial charge on any atom is -0.480 e. The van der Waals surface area contributed by atoms with Gasteiger partial charge >= 0.3 is 5.97 Å². The van der Waals surface area contributed by atoms with Gasteiger partial charge in [-0.25, -0.2) is 4.79 Å². The molecule has 2 aromatic rings. The van der Waals surface area contributed by atoms with Gasteiger partial charge in [-0.15, -0.1) is 0 Å². The zero-order valence-electron chi connectivity index (χ0n) is 13.6. The molecule has 0 spiro atoms. The molecule has 2 rings (SSSR count). The Bertz CT molecular complexity index is 744. The minimum atomic E-state index is -1.29. The van der Waals surface area contributed by atoms with Gasteiger partial charge in [-0.05, 0) is 25.0 Å². The SMILES string of the molecule is CCCC(C)(NC(=O)c1cnn(Cc2ccccc2Cl)c1)C(=O)O. The number of aliphatic carboxylic acids is 1. The van der Waals surface area contributed by atoms with E-state index in [0.717, 1.165) is 5.56 Å². The first-order valence-corrected chi connectivity index (χ1v) is 8.05. The van der Waals surface area contributed by atoms with Crippen molar-refractivity contribution in [3.05, 3.63) is 52.8 Å². The molecule has 1 aromatic carbocycles. The van der Waals surface area contributed by atoms with E-state index < -0.39 is 17.4 Å². The molecule has 1 heterocycles. The molecule has 2 N–H and O–H groups in total. The highest BCUT2D eigenvalue weighted by molar-refractivity contribution is 6.31. The number of halogens is 1. The molecule has 1 amide bonds. The lowest BCUT2D eigenvalue weighted by molar-refractivity contribution is -0.144. The van der Waals surface area contributed by atoms with E-state index in [2.05, 4.69) is 10.4 Å². The fourth-order valence-corrected chi connectivity index (χ4v) is 2.61. The molecule has 6 nitrogen and oxygen atoms in total. The van der Waals surface area contributed by atoms with E-state index in [4.69, 9.17) is 11.6 Å². The number of carboxylic acids is 1. The molecule has 0 aliphatic heterocycles. The largest absolute Gasteiger partial charge is 0.480 e. The van der Waals surface area contributed by atoms with Crippen LogP contribution in [0, 0.1) is 0 Å². The first-order valence-electron chi connectivity index (χ1n) is 7.67. The Morgan fingerprint density at radius 2 is 2.08 bits per heavy atom. The normalized spacial score (nSPS) is 13.3. The van der Waals surface area contributed by atoms with Crippen LogP contribution in [0.5, 0.6) is 0 Å². The van der Waals surface area contributed by atoms with Crippen LogP contribution in [0.25, 0.3) is 0 Å². The van der Waals surface area contributed by atoms with E-state index in [1.165, 1.54) is 13.1 Å². The van der Waals surface area contributed by atoms with E-state index in [1.807, 2.05) is 25.1 Å². The molecule has 1 unspecified atom stereocenters. The number of hydrogen-bond donors (Lipinski definition) is 2. The van der Waals surface area contributed by atoms with Crippen LogP contribution in [0.2, 0.25) is 5.02 Å². The van der Waals surface area contributed by atoms with Crippen molar-refractivity contribution in [1.29, 1.82) is 0 Å². The number of rotatable bonds is 7. The van der Waals surface area contributed by atoms with Crippen molar-refractivity contribution in [2.24, 2.45) is 0 Å². The number of carbonyl (C=O) groups excluding carboxylic acids is 1. The number of carboxylic acid groups (broad SMARTS) is 1. The third-order valence-corrected chi connectivity index (χ3v) is 4.17. The van der Waals surface area contributed by atoms with Crippen LogP contribution in [0.3, 0.4) is 0 Å². The lowest BCUT2D eigenvalue weighted by Crippen LogP contribution is -2.52. The van der Waals surface area contributed by atoms with E-state index in [1.54, 1.807) is 16.9 Å². The highest BCUT2D eigenvalue weighted by Crippen LogP contribution is 2.17. The lowest BCUT2D eigenvalue weighted by atomic mass is 9.96. The van der Waals surface area contributed by atoms with Gasteiger partial charge < -0.3 is 10.4 Å². The quantitative estimate of drug-likeness (QED) is 0.804. The smallest absolute Gasteiger partial charge is 0.329 e. The topological polar surface area (TPSA) is 84.2 Å². The van der Waals surface area contributed by atoms with Crippen LogP contribution in [-0.4, -0.2) is 32.3 Å². The Morgan fingerprint density at radius 3 is 2.71 bits per heavy atom. The van der Waals surface area contributed by atoms with E-state index in [0.29, 0.717) is 30.0 Å². The predicted molar refractivity (Wildman–Crippen MR) is 91.2 cm³/mol. The molecule has 7 heteroatoms. The van der Waals surface area contributed by atoms with E-state index in [-0.39, 0.29) is 0 Å². The van der Waals surface area contributed by atoms with Crippen molar-refractivity contribution in [3.63, 3.8) is 0 Å². The molecule has 0 saturated heterocycles. The van der Waals surface area contributed by atoms with Crippen molar-refractivity contribution in [2.45, 2.75) is 38.8 Å². The maximum Gasteiger partial charge on any atom is 0.329 e. The van der Waals surface area contributed by atoms with Crippen molar-refractivity contribution in [1.82, 2.24) is 15.1 Å². The molecule has 24 heavy (non-hydrogen) atoms.